The second kappa shape index (κ2) is 5.33. The van der Waals surface area contributed by atoms with E-state index in [-0.39, 0.29) is 5.91 Å². The summed E-state index contributed by atoms with van der Waals surface area (Å²) in [5.74, 6) is 0.146. The van der Waals surface area contributed by atoms with Crippen LogP contribution in [0.1, 0.15) is 52.2 Å². The van der Waals surface area contributed by atoms with Crippen LogP contribution in [0.15, 0.2) is 6.07 Å². The first-order valence-electron chi connectivity index (χ1n) is 6.79. The third kappa shape index (κ3) is 2.64. The van der Waals surface area contributed by atoms with Crippen LogP contribution in [-0.2, 0) is 12.8 Å². The van der Waals surface area contributed by atoms with Gasteiger partial charge in [0.1, 0.15) is 0 Å². The van der Waals surface area contributed by atoms with Crippen LogP contribution in [0.5, 0.6) is 0 Å². The van der Waals surface area contributed by atoms with Crippen molar-refractivity contribution in [2.45, 2.75) is 55.8 Å². The molecule has 1 amide bonds. The molecule has 2 nitrogen and oxygen atoms in total. The lowest BCUT2D eigenvalue weighted by Gasteiger charge is -2.25. The van der Waals surface area contributed by atoms with Crippen LogP contribution < -0.4 is 5.32 Å². The van der Waals surface area contributed by atoms with Crippen molar-refractivity contribution in [3.05, 3.63) is 21.4 Å². The third-order valence-corrected chi connectivity index (χ3v) is 6.11. The van der Waals surface area contributed by atoms with E-state index >= 15 is 0 Å². The molecule has 98 valence electrons. The molecule has 1 N–H and O–H groups in total. The average molecular weight is 328 g/mol. The van der Waals surface area contributed by atoms with E-state index < -0.39 is 0 Å². The number of carbonyl (C=O) groups excluding carboxylic acids is 1. The Morgan fingerprint density at radius 2 is 2.06 bits per heavy atom. The summed E-state index contributed by atoms with van der Waals surface area (Å²) in [4.78, 5) is 15.2. The molecule has 1 aromatic rings. The predicted octanol–water partition coefficient (Wildman–Crippen LogP) is 3.67. The minimum absolute atomic E-state index is 0.146. The van der Waals surface area contributed by atoms with Crippen molar-refractivity contribution in [2.24, 2.45) is 0 Å². The molecule has 1 saturated carbocycles. The van der Waals surface area contributed by atoms with Crippen molar-refractivity contribution >= 4 is 33.2 Å². The summed E-state index contributed by atoms with van der Waals surface area (Å²) in [6.45, 7) is 0. The normalized spacial score (nSPS) is 26.9. The lowest BCUT2D eigenvalue weighted by Crippen LogP contribution is -2.37. The molecule has 1 heterocycles. The highest BCUT2D eigenvalue weighted by Crippen LogP contribution is 2.31. The van der Waals surface area contributed by atoms with Gasteiger partial charge < -0.3 is 5.32 Å². The number of nitrogens with one attached hydrogen (secondary N) is 1. The van der Waals surface area contributed by atoms with Gasteiger partial charge in [0.25, 0.3) is 5.91 Å². The fourth-order valence-electron chi connectivity index (χ4n) is 2.89. The summed E-state index contributed by atoms with van der Waals surface area (Å²) in [7, 11) is 0. The average Bonchev–Trinajstić information content (AvgIpc) is 2.92. The van der Waals surface area contributed by atoms with Crippen LogP contribution in [0.2, 0.25) is 0 Å². The Labute approximate surface area is 120 Å². The molecular weight excluding hydrogens is 310 g/mol. The van der Waals surface area contributed by atoms with Gasteiger partial charge in [-0.05, 0) is 56.6 Å². The zero-order valence-electron chi connectivity index (χ0n) is 10.4. The summed E-state index contributed by atoms with van der Waals surface area (Å²) >= 11 is 5.34. The van der Waals surface area contributed by atoms with Gasteiger partial charge in [-0.1, -0.05) is 15.9 Å². The maximum atomic E-state index is 12.2. The molecule has 0 radical (unpaired) electrons. The number of aryl methyl sites for hydroxylation is 2. The number of thiophene rings is 1. The zero-order valence-corrected chi connectivity index (χ0v) is 12.8. The maximum absolute atomic E-state index is 12.2. The molecule has 0 aliphatic heterocycles. The number of amides is 1. The molecule has 0 aromatic carbocycles. The number of carbonyl (C=O) groups is 1. The lowest BCUT2D eigenvalue weighted by molar-refractivity contribution is 0.0932. The Morgan fingerprint density at radius 3 is 2.78 bits per heavy atom. The van der Waals surface area contributed by atoms with E-state index in [9.17, 15) is 4.79 Å². The lowest BCUT2D eigenvalue weighted by atomic mass is 9.95. The van der Waals surface area contributed by atoms with Crippen LogP contribution in [0.4, 0.5) is 0 Å². The zero-order chi connectivity index (χ0) is 12.5. The van der Waals surface area contributed by atoms with Crippen molar-refractivity contribution in [3.63, 3.8) is 0 Å². The molecule has 1 fully saturated rings. The monoisotopic (exact) mass is 327 g/mol. The van der Waals surface area contributed by atoms with Gasteiger partial charge in [0.15, 0.2) is 0 Å². The van der Waals surface area contributed by atoms with Gasteiger partial charge in [0.05, 0.1) is 4.88 Å². The third-order valence-electron chi connectivity index (χ3n) is 3.96. The van der Waals surface area contributed by atoms with Crippen LogP contribution in [-0.4, -0.2) is 16.8 Å². The van der Waals surface area contributed by atoms with Gasteiger partial charge in [-0.3, -0.25) is 4.79 Å². The van der Waals surface area contributed by atoms with Gasteiger partial charge >= 0.3 is 0 Å². The van der Waals surface area contributed by atoms with E-state index in [0.717, 1.165) is 24.1 Å². The molecule has 2 aliphatic carbocycles. The van der Waals surface area contributed by atoms with Crippen LogP contribution in [0, 0.1) is 0 Å². The first kappa shape index (κ1) is 12.7. The highest BCUT2D eigenvalue weighted by molar-refractivity contribution is 9.09. The van der Waals surface area contributed by atoms with E-state index in [0.29, 0.717) is 10.9 Å². The molecule has 18 heavy (non-hydrogen) atoms. The molecule has 3 rings (SSSR count). The smallest absolute Gasteiger partial charge is 0.261 e. The predicted molar refractivity (Wildman–Crippen MR) is 78.8 cm³/mol. The second-order valence-electron chi connectivity index (χ2n) is 5.33. The first-order chi connectivity index (χ1) is 8.72. The number of fused-ring (bicyclic) bond motifs is 1. The Hall–Kier alpha value is -0.350. The summed E-state index contributed by atoms with van der Waals surface area (Å²) < 4.78 is 0. The van der Waals surface area contributed by atoms with E-state index in [2.05, 4.69) is 27.3 Å². The minimum atomic E-state index is 0.146. The van der Waals surface area contributed by atoms with Gasteiger partial charge in [0.2, 0.25) is 0 Å². The minimum Gasteiger partial charge on any atom is -0.349 e. The fraction of sp³-hybridized carbons (Fsp3) is 0.643. The van der Waals surface area contributed by atoms with Crippen molar-refractivity contribution in [2.75, 3.05) is 0 Å². The van der Waals surface area contributed by atoms with Gasteiger partial charge in [0, 0.05) is 15.7 Å². The van der Waals surface area contributed by atoms with E-state index in [4.69, 9.17) is 0 Å². The van der Waals surface area contributed by atoms with Crippen LogP contribution >= 0.6 is 27.3 Å². The van der Waals surface area contributed by atoms with E-state index in [1.165, 1.54) is 36.1 Å². The molecule has 0 bridgehead atoms. The number of rotatable bonds is 2. The molecule has 0 saturated heterocycles. The molecule has 0 spiro atoms. The maximum Gasteiger partial charge on any atom is 0.261 e. The number of alkyl halides is 1. The highest BCUT2D eigenvalue weighted by Gasteiger charge is 2.23. The Bertz CT molecular complexity index is 427. The second-order valence-corrected chi connectivity index (χ2v) is 7.77. The fourth-order valence-corrected chi connectivity index (χ4v) is 4.58. The summed E-state index contributed by atoms with van der Waals surface area (Å²) in [5.41, 5.74) is 1.41. The van der Waals surface area contributed by atoms with Gasteiger partial charge in [-0.25, -0.2) is 0 Å². The number of hydrogen-bond acceptors (Lipinski definition) is 2. The first-order valence-corrected chi connectivity index (χ1v) is 8.52. The summed E-state index contributed by atoms with van der Waals surface area (Å²) in [6.07, 6.45) is 8.14. The van der Waals surface area contributed by atoms with Gasteiger partial charge in [-0.2, -0.15) is 0 Å². The quantitative estimate of drug-likeness (QED) is 0.825. The topological polar surface area (TPSA) is 29.1 Å². The van der Waals surface area contributed by atoms with E-state index in [1.807, 2.05) is 0 Å². The Balaban J connectivity index is 1.60. The molecular formula is C14H18BrNOS. The summed E-state index contributed by atoms with van der Waals surface area (Å²) in [5, 5.41) is 3.20. The number of hydrogen-bond donors (Lipinski definition) is 1. The van der Waals surface area contributed by atoms with Crippen LogP contribution in [0.3, 0.4) is 0 Å². The standard InChI is InChI=1S/C14H18BrNOS/c15-10-4-6-11(7-5-10)16-14(17)13-8-9-2-1-3-12(9)18-13/h8,10-11H,1-7H2,(H,16,17). The van der Waals surface area contributed by atoms with Crippen LogP contribution in [0.25, 0.3) is 0 Å². The SMILES string of the molecule is O=C(NC1CCC(Br)CC1)c1cc2c(s1)CCC2. The summed E-state index contributed by atoms with van der Waals surface area (Å²) in [6, 6.07) is 2.49. The van der Waals surface area contributed by atoms with Crippen molar-refractivity contribution in [1.82, 2.24) is 5.32 Å². The number of halogens is 1. The molecule has 0 unspecified atom stereocenters. The largest absolute Gasteiger partial charge is 0.349 e. The molecule has 1 aromatic heterocycles. The molecule has 2 aliphatic rings. The highest BCUT2D eigenvalue weighted by atomic mass is 79.9. The van der Waals surface area contributed by atoms with Gasteiger partial charge in [-0.15, -0.1) is 11.3 Å². The molecule has 4 heteroatoms. The van der Waals surface area contributed by atoms with Crippen molar-refractivity contribution < 1.29 is 4.79 Å². The van der Waals surface area contributed by atoms with Crippen molar-refractivity contribution in [3.8, 4) is 0 Å². The van der Waals surface area contributed by atoms with E-state index in [1.54, 1.807) is 11.3 Å². The molecule has 0 atom stereocenters. The Morgan fingerprint density at radius 1 is 1.28 bits per heavy atom. The Kier molecular flexibility index (Phi) is 3.76. The van der Waals surface area contributed by atoms with Crippen molar-refractivity contribution in [1.29, 1.82) is 0 Å².